The third-order valence-electron chi connectivity index (χ3n) is 2.72. The third-order valence-corrected chi connectivity index (χ3v) is 3.98. The largest absolute Gasteiger partial charge is 0.481 e. The number of thioether (sulfide) groups is 1. The van der Waals surface area contributed by atoms with Crippen LogP contribution in [0.15, 0.2) is 29.2 Å². The summed E-state index contributed by atoms with van der Waals surface area (Å²) in [7, 11) is 0. The first-order chi connectivity index (χ1) is 9.31. The number of halogens is 1. The Labute approximate surface area is 127 Å². The molecule has 1 aromatic rings. The Balaban J connectivity index is 2.27. The average molecular weight is 316 g/mol. The van der Waals surface area contributed by atoms with Gasteiger partial charge in [-0.1, -0.05) is 11.6 Å². The number of carboxylic acids is 1. The first kappa shape index (κ1) is 16.9. The number of benzene rings is 1. The number of hydrogen-bond donors (Lipinski definition) is 2. The van der Waals surface area contributed by atoms with Crippen LogP contribution in [0.2, 0.25) is 5.02 Å². The highest BCUT2D eigenvalue weighted by Gasteiger charge is 2.27. The van der Waals surface area contributed by atoms with Crippen molar-refractivity contribution in [1.82, 2.24) is 5.32 Å². The number of rotatable bonds is 7. The van der Waals surface area contributed by atoms with Crippen LogP contribution < -0.4 is 5.32 Å². The first-order valence-electron chi connectivity index (χ1n) is 6.20. The highest BCUT2D eigenvalue weighted by molar-refractivity contribution is 7.99. The van der Waals surface area contributed by atoms with Gasteiger partial charge in [0.2, 0.25) is 5.91 Å². The van der Waals surface area contributed by atoms with E-state index >= 15 is 0 Å². The highest BCUT2D eigenvalue weighted by atomic mass is 35.5. The summed E-state index contributed by atoms with van der Waals surface area (Å²) in [6.07, 6.45) is 0.350. The van der Waals surface area contributed by atoms with Gasteiger partial charge in [0.05, 0.1) is 5.41 Å². The van der Waals surface area contributed by atoms with Crippen molar-refractivity contribution in [2.75, 3.05) is 12.3 Å². The van der Waals surface area contributed by atoms with Gasteiger partial charge in [-0.2, -0.15) is 0 Å². The highest BCUT2D eigenvalue weighted by Crippen LogP contribution is 2.21. The zero-order valence-corrected chi connectivity index (χ0v) is 13.1. The van der Waals surface area contributed by atoms with Crippen molar-refractivity contribution < 1.29 is 14.7 Å². The van der Waals surface area contributed by atoms with E-state index in [0.29, 0.717) is 17.2 Å². The fourth-order valence-corrected chi connectivity index (χ4v) is 2.25. The van der Waals surface area contributed by atoms with Crippen LogP contribution in [-0.4, -0.2) is 29.3 Å². The number of carbonyl (C=O) groups is 2. The number of amides is 1. The second kappa shape index (κ2) is 7.55. The molecule has 20 heavy (non-hydrogen) atoms. The Morgan fingerprint density at radius 3 is 2.45 bits per heavy atom. The maximum Gasteiger partial charge on any atom is 0.310 e. The average Bonchev–Trinajstić information content (AvgIpc) is 2.39. The van der Waals surface area contributed by atoms with Gasteiger partial charge in [-0.3, -0.25) is 9.59 Å². The monoisotopic (exact) mass is 315 g/mol. The summed E-state index contributed by atoms with van der Waals surface area (Å²) in [6, 6.07) is 7.41. The smallest absolute Gasteiger partial charge is 0.310 e. The maximum atomic E-state index is 11.6. The molecule has 0 bridgehead atoms. The van der Waals surface area contributed by atoms with Crippen LogP contribution in [0.25, 0.3) is 0 Å². The van der Waals surface area contributed by atoms with Crippen molar-refractivity contribution in [3.05, 3.63) is 29.3 Å². The number of aliphatic carboxylic acids is 1. The van der Waals surface area contributed by atoms with Crippen LogP contribution in [0.4, 0.5) is 0 Å². The molecule has 0 saturated carbocycles. The molecular weight excluding hydrogens is 298 g/mol. The van der Waals surface area contributed by atoms with Gasteiger partial charge in [0, 0.05) is 28.6 Å². The predicted octanol–water partition coefficient (Wildman–Crippen LogP) is 3.05. The standard InChI is InChI=1S/C14H18ClNO3S/c1-14(2,13(18)19)9-16-12(17)7-8-20-11-5-3-10(15)4-6-11/h3-6H,7-9H2,1-2H3,(H,16,17)(H,18,19). The van der Waals surface area contributed by atoms with Gasteiger partial charge < -0.3 is 10.4 Å². The number of carbonyl (C=O) groups excluding carboxylic acids is 1. The molecule has 0 aromatic heterocycles. The van der Waals surface area contributed by atoms with Crippen molar-refractivity contribution in [2.45, 2.75) is 25.2 Å². The molecule has 0 saturated heterocycles. The molecule has 6 heteroatoms. The molecule has 0 aliphatic rings. The van der Waals surface area contributed by atoms with E-state index in [1.165, 1.54) is 0 Å². The minimum Gasteiger partial charge on any atom is -0.481 e. The molecule has 1 amide bonds. The minimum atomic E-state index is -0.945. The van der Waals surface area contributed by atoms with E-state index in [-0.39, 0.29) is 12.5 Å². The number of hydrogen-bond acceptors (Lipinski definition) is 3. The van der Waals surface area contributed by atoms with E-state index in [1.54, 1.807) is 37.7 Å². The van der Waals surface area contributed by atoms with Crippen LogP contribution in [0, 0.1) is 5.41 Å². The summed E-state index contributed by atoms with van der Waals surface area (Å²) < 4.78 is 0. The fourth-order valence-electron chi connectivity index (χ4n) is 1.28. The Kier molecular flexibility index (Phi) is 6.36. The SMILES string of the molecule is CC(C)(CNC(=O)CCSc1ccc(Cl)cc1)C(=O)O. The molecule has 0 spiro atoms. The summed E-state index contributed by atoms with van der Waals surface area (Å²) in [6.45, 7) is 3.29. The fraction of sp³-hybridized carbons (Fsp3) is 0.429. The molecular formula is C14H18ClNO3S. The number of carboxylic acid groups (broad SMARTS) is 1. The van der Waals surface area contributed by atoms with Crippen molar-refractivity contribution in [1.29, 1.82) is 0 Å². The lowest BCUT2D eigenvalue weighted by Crippen LogP contribution is -2.38. The second-order valence-corrected chi connectivity index (χ2v) is 6.62. The van der Waals surface area contributed by atoms with Crippen molar-refractivity contribution in [3.63, 3.8) is 0 Å². The zero-order valence-electron chi connectivity index (χ0n) is 11.5. The predicted molar refractivity (Wildman–Crippen MR) is 81.2 cm³/mol. The van der Waals surface area contributed by atoms with E-state index in [4.69, 9.17) is 16.7 Å². The summed E-state index contributed by atoms with van der Waals surface area (Å²) >= 11 is 7.35. The van der Waals surface area contributed by atoms with Crippen LogP contribution in [-0.2, 0) is 9.59 Å². The van der Waals surface area contributed by atoms with Gasteiger partial charge in [-0.25, -0.2) is 0 Å². The Hall–Kier alpha value is -1.20. The lowest BCUT2D eigenvalue weighted by molar-refractivity contribution is -0.146. The molecule has 2 N–H and O–H groups in total. The van der Waals surface area contributed by atoms with E-state index < -0.39 is 11.4 Å². The minimum absolute atomic E-state index is 0.132. The summed E-state index contributed by atoms with van der Waals surface area (Å²) in [5, 5.41) is 12.3. The Morgan fingerprint density at radius 2 is 1.90 bits per heavy atom. The summed E-state index contributed by atoms with van der Waals surface area (Å²) in [5.41, 5.74) is -0.945. The van der Waals surface area contributed by atoms with Gasteiger partial charge in [0.1, 0.15) is 0 Å². The second-order valence-electron chi connectivity index (χ2n) is 5.02. The van der Waals surface area contributed by atoms with E-state index in [9.17, 15) is 9.59 Å². The third kappa shape index (κ3) is 5.84. The molecule has 0 fully saturated rings. The van der Waals surface area contributed by atoms with Gasteiger partial charge in [0.15, 0.2) is 0 Å². The van der Waals surface area contributed by atoms with Gasteiger partial charge in [-0.05, 0) is 38.1 Å². The molecule has 1 rings (SSSR count). The molecule has 0 heterocycles. The van der Waals surface area contributed by atoms with Crippen LogP contribution in [0.5, 0.6) is 0 Å². The van der Waals surface area contributed by atoms with Crippen molar-refractivity contribution in [3.8, 4) is 0 Å². The Bertz CT molecular complexity index is 474. The van der Waals surface area contributed by atoms with Crippen molar-refractivity contribution >= 4 is 35.2 Å². The lowest BCUT2D eigenvalue weighted by atomic mass is 9.94. The first-order valence-corrected chi connectivity index (χ1v) is 7.56. The molecule has 0 radical (unpaired) electrons. The lowest BCUT2D eigenvalue weighted by Gasteiger charge is -2.19. The van der Waals surface area contributed by atoms with E-state index in [0.717, 1.165) is 4.90 Å². The van der Waals surface area contributed by atoms with Gasteiger partial charge in [0.25, 0.3) is 0 Å². The normalized spacial score (nSPS) is 11.2. The summed E-state index contributed by atoms with van der Waals surface area (Å²) in [4.78, 5) is 23.6. The molecule has 1 aromatic carbocycles. The quantitative estimate of drug-likeness (QED) is 0.759. The molecule has 110 valence electrons. The van der Waals surface area contributed by atoms with Crippen molar-refractivity contribution in [2.24, 2.45) is 5.41 Å². The molecule has 4 nitrogen and oxygen atoms in total. The molecule has 0 unspecified atom stereocenters. The topological polar surface area (TPSA) is 66.4 Å². The maximum absolute atomic E-state index is 11.6. The molecule has 0 aliphatic heterocycles. The van der Waals surface area contributed by atoms with Gasteiger partial charge in [-0.15, -0.1) is 11.8 Å². The van der Waals surface area contributed by atoms with E-state index in [1.807, 2.05) is 12.1 Å². The van der Waals surface area contributed by atoms with Crippen LogP contribution >= 0.6 is 23.4 Å². The van der Waals surface area contributed by atoms with Gasteiger partial charge >= 0.3 is 5.97 Å². The number of nitrogens with one attached hydrogen (secondary N) is 1. The van der Waals surface area contributed by atoms with Crippen LogP contribution in [0.3, 0.4) is 0 Å². The van der Waals surface area contributed by atoms with Crippen LogP contribution in [0.1, 0.15) is 20.3 Å². The Morgan fingerprint density at radius 1 is 1.30 bits per heavy atom. The summed E-state index contributed by atoms with van der Waals surface area (Å²) in [5.74, 6) is -0.421. The molecule has 0 aliphatic carbocycles. The van der Waals surface area contributed by atoms with E-state index in [2.05, 4.69) is 5.32 Å². The zero-order chi connectivity index (χ0) is 15.2. The molecule has 0 atom stereocenters.